The van der Waals surface area contributed by atoms with Crippen LogP contribution in [0.5, 0.6) is 0 Å². The number of nitro groups is 1. The molecule has 0 saturated carbocycles. The molecule has 1 aliphatic carbocycles. The number of sulfone groups is 1. The predicted molar refractivity (Wildman–Crippen MR) is 71.2 cm³/mol. The van der Waals surface area contributed by atoms with Gasteiger partial charge in [0.2, 0.25) is 6.54 Å². The van der Waals surface area contributed by atoms with Crippen LogP contribution in [0.4, 0.5) is 0 Å². The summed E-state index contributed by atoms with van der Waals surface area (Å²) in [4.78, 5) is 10.4. The van der Waals surface area contributed by atoms with E-state index in [4.69, 9.17) is 0 Å². The Bertz CT molecular complexity index is 592. The molecule has 102 valence electrons. The molecule has 6 heteroatoms. The second-order valence-electron chi connectivity index (χ2n) is 4.55. The number of rotatable bonds is 4. The Morgan fingerprint density at radius 3 is 2.58 bits per heavy atom. The Kier molecular flexibility index (Phi) is 3.99. The lowest BCUT2D eigenvalue weighted by Crippen LogP contribution is -2.29. The van der Waals surface area contributed by atoms with Gasteiger partial charge in [0.05, 0.1) is 10.1 Å². The summed E-state index contributed by atoms with van der Waals surface area (Å²) in [6.45, 7) is -0.392. The normalized spacial score (nSPS) is 19.8. The van der Waals surface area contributed by atoms with Crippen LogP contribution >= 0.6 is 0 Å². The molecular formula is C13H15NO4S. The number of benzene rings is 1. The van der Waals surface area contributed by atoms with E-state index in [0.717, 1.165) is 6.42 Å². The highest BCUT2D eigenvalue weighted by Gasteiger charge is 2.33. The zero-order chi connectivity index (χ0) is 13.9. The van der Waals surface area contributed by atoms with Crippen molar-refractivity contribution in [3.63, 3.8) is 0 Å². The number of hydrogen-bond donors (Lipinski definition) is 0. The summed E-state index contributed by atoms with van der Waals surface area (Å²) in [5.41, 5.74) is 0.417. The lowest BCUT2D eigenvalue weighted by molar-refractivity contribution is -0.471. The van der Waals surface area contributed by atoms with Crippen molar-refractivity contribution in [1.82, 2.24) is 0 Å². The molecule has 0 aromatic heterocycles. The minimum atomic E-state index is -3.53. The monoisotopic (exact) mass is 281 g/mol. The van der Waals surface area contributed by atoms with E-state index in [0.29, 0.717) is 18.4 Å². The van der Waals surface area contributed by atoms with Crippen LogP contribution in [0.3, 0.4) is 0 Å². The topological polar surface area (TPSA) is 77.3 Å². The minimum Gasteiger partial charge on any atom is -0.264 e. The summed E-state index contributed by atoms with van der Waals surface area (Å²) in [6, 6.07) is 8.13. The van der Waals surface area contributed by atoms with Crippen LogP contribution in [0, 0.1) is 10.1 Å². The van der Waals surface area contributed by atoms with Gasteiger partial charge >= 0.3 is 0 Å². The predicted octanol–water partition coefficient (Wildman–Crippen LogP) is 2.22. The zero-order valence-corrected chi connectivity index (χ0v) is 11.2. The van der Waals surface area contributed by atoms with E-state index in [1.54, 1.807) is 24.3 Å². The van der Waals surface area contributed by atoms with Gasteiger partial charge in [-0.3, -0.25) is 10.1 Å². The van der Waals surface area contributed by atoms with Gasteiger partial charge in [-0.25, -0.2) is 8.42 Å². The first kappa shape index (κ1) is 13.7. The quantitative estimate of drug-likeness (QED) is 0.481. The van der Waals surface area contributed by atoms with Gasteiger partial charge in [0, 0.05) is 10.5 Å². The van der Waals surface area contributed by atoms with E-state index < -0.39 is 26.6 Å². The van der Waals surface area contributed by atoms with E-state index in [9.17, 15) is 18.5 Å². The molecule has 0 amide bonds. The zero-order valence-electron chi connectivity index (χ0n) is 10.4. The van der Waals surface area contributed by atoms with Gasteiger partial charge in [-0.05, 0) is 31.4 Å². The van der Waals surface area contributed by atoms with Gasteiger partial charge in [-0.2, -0.15) is 0 Å². The minimum absolute atomic E-state index is 0.233. The molecule has 5 nitrogen and oxygen atoms in total. The highest BCUT2D eigenvalue weighted by molar-refractivity contribution is 7.92. The Hall–Kier alpha value is -1.69. The third kappa shape index (κ3) is 3.01. The maximum absolute atomic E-state index is 12.5. The molecule has 1 atom stereocenters. The smallest absolute Gasteiger partial charge is 0.226 e. The van der Waals surface area contributed by atoms with Crippen LogP contribution in [0.1, 0.15) is 19.3 Å². The molecule has 0 saturated heterocycles. The lowest BCUT2D eigenvalue weighted by Gasteiger charge is -2.22. The summed E-state index contributed by atoms with van der Waals surface area (Å²) in [7, 11) is -3.53. The number of allylic oxidation sites excluding steroid dienone is 1. The summed E-state index contributed by atoms with van der Waals surface area (Å²) >= 11 is 0. The van der Waals surface area contributed by atoms with Crippen molar-refractivity contribution in [2.75, 3.05) is 6.54 Å². The molecule has 0 spiro atoms. The van der Waals surface area contributed by atoms with Gasteiger partial charge < -0.3 is 0 Å². The second-order valence-corrected chi connectivity index (χ2v) is 6.68. The summed E-state index contributed by atoms with van der Waals surface area (Å²) in [6.07, 6.45) is 3.62. The van der Waals surface area contributed by atoms with Crippen molar-refractivity contribution in [2.45, 2.75) is 29.4 Å². The number of nitrogens with zero attached hydrogens (tertiary/aromatic N) is 1. The summed E-state index contributed by atoms with van der Waals surface area (Å²) in [5.74, 6) is 0. The van der Waals surface area contributed by atoms with Gasteiger partial charge in [-0.15, -0.1) is 0 Å². The Morgan fingerprint density at radius 2 is 1.95 bits per heavy atom. The maximum Gasteiger partial charge on any atom is 0.226 e. The first-order chi connectivity index (χ1) is 9.01. The fourth-order valence-electron chi connectivity index (χ4n) is 2.35. The Balaban J connectivity index is 2.36. The van der Waals surface area contributed by atoms with Crippen LogP contribution in [0.2, 0.25) is 0 Å². The highest BCUT2D eigenvalue weighted by atomic mass is 32.2. The Morgan fingerprint density at radius 1 is 1.26 bits per heavy atom. The third-order valence-corrected chi connectivity index (χ3v) is 5.47. The molecule has 1 aromatic rings. The van der Waals surface area contributed by atoms with Crippen LogP contribution in [-0.4, -0.2) is 25.1 Å². The largest absolute Gasteiger partial charge is 0.264 e. The highest BCUT2D eigenvalue weighted by Crippen LogP contribution is 2.29. The van der Waals surface area contributed by atoms with Gasteiger partial charge in [-0.1, -0.05) is 24.3 Å². The molecule has 0 heterocycles. The van der Waals surface area contributed by atoms with Gasteiger partial charge in [0.15, 0.2) is 9.84 Å². The molecule has 0 radical (unpaired) electrons. The van der Waals surface area contributed by atoms with Crippen molar-refractivity contribution in [3.05, 3.63) is 52.1 Å². The first-order valence-corrected chi connectivity index (χ1v) is 7.66. The average Bonchev–Trinajstić information content (AvgIpc) is 2.39. The van der Waals surface area contributed by atoms with E-state index >= 15 is 0 Å². The van der Waals surface area contributed by atoms with E-state index in [1.807, 2.05) is 0 Å². The van der Waals surface area contributed by atoms with Crippen molar-refractivity contribution in [1.29, 1.82) is 0 Å². The lowest BCUT2D eigenvalue weighted by atomic mass is 9.99. The molecule has 0 unspecified atom stereocenters. The van der Waals surface area contributed by atoms with E-state index in [1.165, 1.54) is 12.1 Å². The third-order valence-electron chi connectivity index (χ3n) is 3.25. The first-order valence-electron chi connectivity index (χ1n) is 6.11. The molecule has 0 N–H and O–H groups in total. The van der Waals surface area contributed by atoms with E-state index in [-0.39, 0.29) is 4.90 Å². The van der Waals surface area contributed by atoms with Crippen molar-refractivity contribution >= 4 is 9.84 Å². The van der Waals surface area contributed by atoms with E-state index in [2.05, 4.69) is 0 Å². The molecule has 1 aliphatic rings. The molecule has 19 heavy (non-hydrogen) atoms. The van der Waals surface area contributed by atoms with Crippen molar-refractivity contribution in [2.24, 2.45) is 0 Å². The standard InChI is InChI=1S/C13H15NO4S/c15-14(16)10-11-6-4-5-9-13(11)19(17,18)12-7-2-1-3-8-12/h1-3,6-8,13H,4-5,9-10H2/t13-/m1/s1. The van der Waals surface area contributed by atoms with Crippen LogP contribution in [0.15, 0.2) is 46.9 Å². The van der Waals surface area contributed by atoms with Gasteiger partial charge in [0.25, 0.3) is 0 Å². The molecule has 0 aliphatic heterocycles. The Labute approximate surface area is 112 Å². The van der Waals surface area contributed by atoms with Crippen LogP contribution in [0.25, 0.3) is 0 Å². The molecule has 1 aromatic carbocycles. The summed E-state index contributed by atoms with van der Waals surface area (Å²) in [5, 5.41) is 9.89. The fourth-order valence-corrected chi connectivity index (χ4v) is 4.26. The van der Waals surface area contributed by atoms with Crippen molar-refractivity contribution in [3.8, 4) is 0 Å². The van der Waals surface area contributed by atoms with Crippen molar-refractivity contribution < 1.29 is 13.3 Å². The molecule has 2 rings (SSSR count). The van der Waals surface area contributed by atoms with Gasteiger partial charge in [0.1, 0.15) is 0 Å². The number of hydrogen-bond acceptors (Lipinski definition) is 4. The molecular weight excluding hydrogens is 266 g/mol. The van der Waals surface area contributed by atoms with Crippen LogP contribution < -0.4 is 0 Å². The summed E-state index contributed by atoms with van der Waals surface area (Å²) < 4.78 is 25.0. The second kappa shape index (κ2) is 5.52. The van der Waals surface area contributed by atoms with Crippen LogP contribution in [-0.2, 0) is 9.84 Å². The average molecular weight is 281 g/mol. The molecule has 0 bridgehead atoms. The fraction of sp³-hybridized carbons (Fsp3) is 0.385. The molecule has 0 fully saturated rings. The maximum atomic E-state index is 12.5. The SMILES string of the molecule is O=[N+]([O-])CC1=CCCC[C@H]1S(=O)(=O)c1ccccc1.